The first kappa shape index (κ1) is 16.5. The van der Waals surface area contributed by atoms with E-state index in [0.717, 1.165) is 11.1 Å². The van der Waals surface area contributed by atoms with E-state index < -0.39 is 10.0 Å². The number of hydrogen-bond acceptors (Lipinski definition) is 3. The third-order valence-corrected chi connectivity index (χ3v) is 5.62. The van der Waals surface area contributed by atoms with E-state index in [2.05, 4.69) is 10.0 Å². The smallest absolute Gasteiger partial charge is 0.261 e. The molecule has 0 saturated carbocycles. The summed E-state index contributed by atoms with van der Waals surface area (Å²) >= 11 is 0. The van der Waals surface area contributed by atoms with Crippen molar-refractivity contribution in [2.75, 3.05) is 10.0 Å². The number of carbonyl (C=O) groups excluding carboxylic acids is 1. The summed E-state index contributed by atoms with van der Waals surface area (Å²) in [5.41, 5.74) is 2.48. The van der Waals surface area contributed by atoms with Crippen LogP contribution in [0.3, 0.4) is 0 Å². The van der Waals surface area contributed by atoms with Gasteiger partial charge < -0.3 is 5.32 Å². The molecule has 0 bridgehead atoms. The molecule has 1 aliphatic rings. The highest BCUT2D eigenvalue weighted by Gasteiger charge is 2.33. The number of sulfonamides is 1. The summed E-state index contributed by atoms with van der Waals surface area (Å²) in [6.45, 7) is 5.85. The lowest BCUT2D eigenvalue weighted by Crippen LogP contribution is -2.33. The molecule has 0 radical (unpaired) electrons. The molecule has 6 heteroatoms. The number of para-hydroxylation sites is 1. The molecule has 5 nitrogen and oxygen atoms in total. The number of aryl methyl sites for hydroxylation is 1. The van der Waals surface area contributed by atoms with Gasteiger partial charge in [0.25, 0.3) is 10.0 Å². The van der Waals surface area contributed by atoms with E-state index in [0.29, 0.717) is 17.8 Å². The second-order valence-electron chi connectivity index (χ2n) is 6.76. The van der Waals surface area contributed by atoms with E-state index in [1.165, 1.54) is 0 Å². The van der Waals surface area contributed by atoms with Crippen molar-refractivity contribution in [3.8, 4) is 0 Å². The number of anilines is 2. The Kier molecular flexibility index (Phi) is 3.87. The normalized spacial score (nSPS) is 16.2. The van der Waals surface area contributed by atoms with E-state index in [-0.39, 0.29) is 16.2 Å². The average molecular weight is 344 g/mol. The number of hydrogen-bond donors (Lipinski definition) is 2. The monoisotopic (exact) mass is 344 g/mol. The Morgan fingerprint density at radius 3 is 2.42 bits per heavy atom. The molecule has 1 heterocycles. The minimum Gasteiger partial charge on any atom is -0.324 e. The molecule has 1 amide bonds. The van der Waals surface area contributed by atoms with Crippen LogP contribution in [0.15, 0.2) is 47.4 Å². The fourth-order valence-corrected chi connectivity index (χ4v) is 4.01. The van der Waals surface area contributed by atoms with E-state index >= 15 is 0 Å². The summed E-state index contributed by atoms with van der Waals surface area (Å²) in [5, 5.41) is 2.80. The van der Waals surface area contributed by atoms with Crippen molar-refractivity contribution in [2.45, 2.75) is 37.5 Å². The lowest BCUT2D eigenvalue weighted by Gasteiger charge is -2.33. The Balaban J connectivity index is 2.03. The fraction of sp³-hybridized carbons (Fsp3) is 0.278. The molecule has 3 rings (SSSR count). The largest absolute Gasteiger partial charge is 0.324 e. The van der Waals surface area contributed by atoms with Crippen molar-refractivity contribution in [1.29, 1.82) is 0 Å². The topological polar surface area (TPSA) is 75.3 Å². The molecule has 0 spiro atoms. The molecule has 0 aliphatic carbocycles. The second-order valence-corrected chi connectivity index (χ2v) is 8.44. The number of benzene rings is 2. The molecular weight excluding hydrogens is 324 g/mol. The zero-order chi connectivity index (χ0) is 17.5. The Hall–Kier alpha value is -2.34. The van der Waals surface area contributed by atoms with Crippen LogP contribution in [-0.4, -0.2) is 14.3 Å². The summed E-state index contributed by atoms with van der Waals surface area (Å²) in [7, 11) is -3.72. The highest BCUT2D eigenvalue weighted by atomic mass is 32.2. The van der Waals surface area contributed by atoms with Crippen LogP contribution in [0.25, 0.3) is 0 Å². The van der Waals surface area contributed by atoms with E-state index in [1.54, 1.807) is 36.4 Å². The Labute approximate surface area is 142 Å². The van der Waals surface area contributed by atoms with Gasteiger partial charge in [0.15, 0.2) is 0 Å². The van der Waals surface area contributed by atoms with Gasteiger partial charge in [-0.3, -0.25) is 9.52 Å². The summed E-state index contributed by atoms with van der Waals surface area (Å²) in [6, 6.07) is 12.0. The molecule has 1 aliphatic heterocycles. The van der Waals surface area contributed by atoms with Crippen LogP contribution in [0, 0.1) is 6.92 Å². The van der Waals surface area contributed by atoms with Gasteiger partial charge in [-0.15, -0.1) is 0 Å². The predicted octanol–water partition coefficient (Wildman–Crippen LogP) is 3.42. The van der Waals surface area contributed by atoms with Crippen LogP contribution in [0.5, 0.6) is 0 Å². The van der Waals surface area contributed by atoms with Crippen molar-refractivity contribution in [2.24, 2.45) is 0 Å². The van der Waals surface area contributed by atoms with Crippen molar-refractivity contribution in [1.82, 2.24) is 0 Å². The lowest BCUT2D eigenvalue weighted by atomic mass is 9.78. The van der Waals surface area contributed by atoms with Gasteiger partial charge in [-0.25, -0.2) is 8.42 Å². The lowest BCUT2D eigenvalue weighted by molar-refractivity contribution is -0.117. The van der Waals surface area contributed by atoms with E-state index in [1.807, 2.05) is 26.8 Å². The van der Waals surface area contributed by atoms with Crippen molar-refractivity contribution < 1.29 is 13.2 Å². The zero-order valence-corrected chi connectivity index (χ0v) is 14.7. The summed E-state index contributed by atoms with van der Waals surface area (Å²) < 4.78 is 27.8. The molecular formula is C18H20N2O3S. The first-order chi connectivity index (χ1) is 11.2. The maximum Gasteiger partial charge on any atom is 0.261 e. The number of fused-ring (bicyclic) bond motifs is 1. The molecule has 2 N–H and O–H groups in total. The van der Waals surface area contributed by atoms with E-state index in [4.69, 9.17) is 0 Å². The van der Waals surface area contributed by atoms with Crippen LogP contribution in [0.4, 0.5) is 11.4 Å². The summed E-state index contributed by atoms with van der Waals surface area (Å²) in [6.07, 6.45) is 0.369. The number of amides is 1. The molecule has 126 valence electrons. The van der Waals surface area contributed by atoms with Crippen LogP contribution in [0.2, 0.25) is 0 Å². The minimum atomic E-state index is -3.72. The standard InChI is InChI=1S/C18H20N2O3S/c1-12-7-9-13(10-8-12)24(22,23)20-15-6-4-5-14-17(15)19-16(21)11-18(14,2)3/h4-10,20H,11H2,1-3H3,(H,19,21). The number of rotatable bonds is 3. The van der Waals surface area contributed by atoms with Crippen LogP contribution < -0.4 is 10.0 Å². The van der Waals surface area contributed by atoms with Crippen molar-refractivity contribution in [3.05, 3.63) is 53.6 Å². The Morgan fingerprint density at radius 2 is 1.75 bits per heavy atom. The summed E-state index contributed by atoms with van der Waals surface area (Å²) in [5.74, 6) is -0.116. The Bertz CT molecular complexity index is 900. The van der Waals surface area contributed by atoms with Gasteiger partial charge >= 0.3 is 0 Å². The first-order valence-corrected chi connectivity index (χ1v) is 9.20. The van der Waals surface area contributed by atoms with Crippen LogP contribution >= 0.6 is 0 Å². The van der Waals surface area contributed by atoms with Gasteiger partial charge in [-0.2, -0.15) is 0 Å². The van der Waals surface area contributed by atoms with Gasteiger partial charge in [0.1, 0.15) is 0 Å². The maximum absolute atomic E-state index is 12.6. The van der Waals surface area contributed by atoms with Crippen molar-refractivity contribution in [3.63, 3.8) is 0 Å². The number of nitrogens with one attached hydrogen (secondary N) is 2. The molecule has 0 fully saturated rings. The van der Waals surface area contributed by atoms with Gasteiger partial charge in [-0.05, 0) is 30.7 Å². The SMILES string of the molecule is Cc1ccc(S(=O)(=O)Nc2cccc3c2NC(=O)CC3(C)C)cc1. The predicted molar refractivity (Wildman–Crippen MR) is 94.7 cm³/mol. The molecule has 2 aromatic carbocycles. The maximum atomic E-state index is 12.6. The fourth-order valence-electron chi connectivity index (χ4n) is 2.94. The average Bonchev–Trinajstić information content (AvgIpc) is 2.47. The van der Waals surface area contributed by atoms with E-state index in [9.17, 15) is 13.2 Å². The number of carbonyl (C=O) groups is 1. The molecule has 0 atom stereocenters. The van der Waals surface area contributed by atoms with Crippen LogP contribution in [0.1, 0.15) is 31.4 Å². The van der Waals surface area contributed by atoms with Gasteiger partial charge in [-0.1, -0.05) is 43.7 Å². The van der Waals surface area contributed by atoms with Crippen LogP contribution in [-0.2, 0) is 20.2 Å². The van der Waals surface area contributed by atoms with Gasteiger partial charge in [0, 0.05) is 11.8 Å². The third-order valence-electron chi connectivity index (χ3n) is 4.24. The van der Waals surface area contributed by atoms with Gasteiger partial charge in [0.2, 0.25) is 5.91 Å². The molecule has 0 saturated heterocycles. The molecule has 24 heavy (non-hydrogen) atoms. The molecule has 2 aromatic rings. The third kappa shape index (κ3) is 3.01. The summed E-state index contributed by atoms with van der Waals surface area (Å²) in [4.78, 5) is 12.2. The highest BCUT2D eigenvalue weighted by Crippen LogP contribution is 2.41. The van der Waals surface area contributed by atoms with Gasteiger partial charge in [0.05, 0.1) is 16.3 Å². The Morgan fingerprint density at radius 1 is 1.08 bits per heavy atom. The molecule has 0 unspecified atom stereocenters. The quantitative estimate of drug-likeness (QED) is 0.896. The van der Waals surface area contributed by atoms with Crippen molar-refractivity contribution >= 4 is 27.3 Å². The highest BCUT2D eigenvalue weighted by molar-refractivity contribution is 7.92. The first-order valence-electron chi connectivity index (χ1n) is 7.72. The second kappa shape index (κ2) is 5.63. The molecule has 0 aromatic heterocycles. The minimum absolute atomic E-state index is 0.116. The zero-order valence-electron chi connectivity index (χ0n) is 13.9.